The Kier molecular flexibility index (Phi) is 5.59. The molecule has 108 valence electrons. The normalized spacial score (nSPS) is 11.6. The Bertz CT molecular complexity index is 514. The van der Waals surface area contributed by atoms with Gasteiger partial charge in [-0.15, -0.1) is 0 Å². The molecule has 0 saturated carbocycles. The van der Waals surface area contributed by atoms with E-state index in [0.717, 1.165) is 0 Å². The lowest BCUT2D eigenvalue weighted by Crippen LogP contribution is -3.06. The first kappa shape index (κ1) is 15.7. The highest BCUT2D eigenvalue weighted by molar-refractivity contribution is 7.89. The quantitative estimate of drug-likeness (QED) is 0.684. The van der Waals surface area contributed by atoms with Gasteiger partial charge in [-0.05, 0) is 12.1 Å². The van der Waals surface area contributed by atoms with Gasteiger partial charge in [0.1, 0.15) is 0 Å². The second kappa shape index (κ2) is 6.74. The number of nitrogens with one attached hydrogen (secondary N) is 2. The molecule has 7 heteroatoms. The fourth-order valence-electron chi connectivity index (χ4n) is 1.50. The third-order valence-corrected chi connectivity index (χ3v) is 4.04. The Labute approximate surface area is 114 Å². The molecule has 0 heterocycles. The molecule has 0 aliphatic heterocycles. The van der Waals surface area contributed by atoms with Gasteiger partial charge in [0.2, 0.25) is 10.0 Å². The van der Waals surface area contributed by atoms with E-state index in [4.69, 9.17) is 9.47 Å². The standard InChI is InChI=1S/C12H20N2O4S/c1-14(2)8-7-13-19(15,16)10-5-6-11(17-3)12(9-10)18-4/h5-6,9,13H,7-8H2,1-4H3/p+1. The van der Waals surface area contributed by atoms with Gasteiger partial charge in [-0.3, -0.25) is 0 Å². The van der Waals surface area contributed by atoms with Crippen molar-refractivity contribution in [2.75, 3.05) is 41.4 Å². The molecule has 0 bridgehead atoms. The molecule has 6 nitrogen and oxygen atoms in total. The topological polar surface area (TPSA) is 69.1 Å². The summed E-state index contributed by atoms with van der Waals surface area (Å²) in [6.07, 6.45) is 0. The first-order chi connectivity index (χ1) is 8.90. The van der Waals surface area contributed by atoms with Crippen LogP contribution < -0.4 is 19.1 Å². The maximum absolute atomic E-state index is 12.1. The fraction of sp³-hybridized carbons (Fsp3) is 0.500. The summed E-state index contributed by atoms with van der Waals surface area (Å²) in [5, 5.41) is 0. The number of quaternary nitrogens is 1. The van der Waals surface area contributed by atoms with Gasteiger partial charge < -0.3 is 14.4 Å². The van der Waals surface area contributed by atoms with Crippen LogP contribution >= 0.6 is 0 Å². The van der Waals surface area contributed by atoms with Crippen LogP contribution in [-0.4, -0.2) is 49.8 Å². The second-order valence-corrected chi connectivity index (χ2v) is 6.14. The van der Waals surface area contributed by atoms with Gasteiger partial charge in [-0.1, -0.05) is 0 Å². The summed E-state index contributed by atoms with van der Waals surface area (Å²) < 4.78 is 36.8. The number of hydrogen-bond donors (Lipinski definition) is 2. The number of likely N-dealkylation sites (N-methyl/N-ethyl adjacent to an activating group) is 1. The van der Waals surface area contributed by atoms with Crippen molar-refractivity contribution in [1.82, 2.24) is 4.72 Å². The van der Waals surface area contributed by atoms with Crippen LogP contribution in [0.15, 0.2) is 23.1 Å². The molecule has 1 aromatic rings. The number of methoxy groups -OCH3 is 2. The van der Waals surface area contributed by atoms with E-state index >= 15 is 0 Å². The smallest absolute Gasteiger partial charge is 0.240 e. The fourth-order valence-corrected chi connectivity index (χ4v) is 2.55. The molecule has 2 N–H and O–H groups in total. The zero-order chi connectivity index (χ0) is 14.5. The Hall–Kier alpha value is -1.31. The largest absolute Gasteiger partial charge is 0.493 e. The third-order valence-electron chi connectivity index (χ3n) is 2.58. The highest BCUT2D eigenvalue weighted by Gasteiger charge is 2.16. The summed E-state index contributed by atoms with van der Waals surface area (Å²) in [5.74, 6) is 0.891. The van der Waals surface area contributed by atoms with E-state index < -0.39 is 10.0 Å². The minimum absolute atomic E-state index is 0.166. The molecule has 0 radical (unpaired) electrons. The molecule has 0 saturated heterocycles. The molecule has 0 amide bonds. The number of benzene rings is 1. The zero-order valence-electron chi connectivity index (χ0n) is 11.7. The predicted octanol–water partition coefficient (Wildman–Crippen LogP) is -0.873. The first-order valence-electron chi connectivity index (χ1n) is 5.91. The van der Waals surface area contributed by atoms with Gasteiger partial charge >= 0.3 is 0 Å². The van der Waals surface area contributed by atoms with Gasteiger partial charge in [0.05, 0.1) is 46.3 Å². The number of rotatable bonds is 7. The molecule has 0 atom stereocenters. The second-order valence-electron chi connectivity index (χ2n) is 4.37. The summed E-state index contributed by atoms with van der Waals surface area (Å²) in [6.45, 7) is 1.10. The van der Waals surface area contributed by atoms with Gasteiger partial charge in [0.25, 0.3) is 0 Å². The van der Waals surface area contributed by atoms with E-state index in [9.17, 15) is 8.42 Å². The van der Waals surface area contributed by atoms with E-state index in [1.165, 1.54) is 31.3 Å². The summed E-state index contributed by atoms with van der Waals surface area (Å²) in [7, 11) is 3.39. The summed E-state index contributed by atoms with van der Waals surface area (Å²) >= 11 is 0. The average Bonchev–Trinajstić information content (AvgIpc) is 2.37. The third kappa shape index (κ3) is 4.38. The van der Waals surface area contributed by atoms with Crippen molar-refractivity contribution in [3.8, 4) is 11.5 Å². The molecule has 0 unspecified atom stereocenters. The van der Waals surface area contributed by atoms with Crippen molar-refractivity contribution in [3.63, 3.8) is 0 Å². The van der Waals surface area contributed by atoms with Crippen LogP contribution in [-0.2, 0) is 10.0 Å². The Balaban J connectivity index is 2.89. The monoisotopic (exact) mass is 289 g/mol. The van der Waals surface area contributed by atoms with Gasteiger partial charge in [0, 0.05) is 6.07 Å². The number of sulfonamides is 1. The lowest BCUT2D eigenvalue weighted by atomic mass is 10.3. The molecule has 0 spiro atoms. The van der Waals surface area contributed by atoms with Crippen LogP contribution in [0.2, 0.25) is 0 Å². The molecule has 0 aliphatic carbocycles. The summed E-state index contributed by atoms with van der Waals surface area (Å²) in [5.41, 5.74) is 0. The van der Waals surface area contributed by atoms with Crippen LogP contribution in [0.3, 0.4) is 0 Å². The molecule has 1 rings (SSSR count). The molecular weight excluding hydrogens is 268 g/mol. The minimum Gasteiger partial charge on any atom is -0.493 e. The van der Waals surface area contributed by atoms with Crippen molar-refractivity contribution in [1.29, 1.82) is 0 Å². The van der Waals surface area contributed by atoms with Crippen molar-refractivity contribution < 1.29 is 22.8 Å². The van der Waals surface area contributed by atoms with Gasteiger partial charge in [-0.25, -0.2) is 13.1 Å². The Morgan fingerprint density at radius 2 is 1.79 bits per heavy atom. The number of ether oxygens (including phenoxy) is 2. The molecule has 1 aromatic carbocycles. The molecular formula is C12H21N2O4S+. The van der Waals surface area contributed by atoms with Crippen LogP contribution in [0.4, 0.5) is 0 Å². The van der Waals surface area contributed by atoms with Gasteiger partial charge in [-0.2, -0.15) is 0 Å². The summed E-state index contributed by atoms with van der Waals surface area (Å²) in [6, 6.07) is 4.51. The molecule has 19 heavy (non-hydrogen) atoms. The van der Waals surface area contributed by atoms with Crippen molar-refractivity contribution in [2.45, 2.75) is 4.90 Å². The van der Waals surface area contributed by atoms with Crippen molar-refractivity contribution in [2.24, 2.45) is 0 Å². The molecule has 0 aromatic heterocycles. The van der Waals surface area contributed by atoms with Crippen molar-refractivity contribution in [3.05, 3.63) is 18.2 Å². The summed E-state index contributed by atoms with van der Waals surface area (Å²) in [4.78, 5) is 1.34. The SMILES string of the molecule is COc1ccc(S(=O)(=O)NCC[NH+](C)C)cc1OC. The highest BCUT2D eigenvalue weighted by Crippen LogP contribution is 2.29. The van der Waals surface area contributed by atoms with E-state index in [1.54, 1.807) is 6.07 Å². The maximum atomic E-state index is 12.1. The highest BCUT2D eigenvalue weighted by atomic mass is 32.2. The van der Waals surface area contributed by atoms with Crippen LogP contribution in [0.1, 0.15) is 0 Å². The maximum Gasteiger partial charge on any atom is 0.240 e. The average molecular weight is 289 g/mol. The minimum atomic E-state index is -3.51. The van der Waals surface area contributed by atoms with Crippen LogP contribution in [0, 0.1) is 0 Å². The van der Waals surface area contributed by atoms with Crippen LogP contribution in [0.25, 0.3) is 0 Å². The van der Waals surface area contributed by atoms with E-state index in [1.807, 2.05) is 14.1 Å². The van der Waals surface area contributed by atoms with E-state index in [-0.39, 0.29) is 4.90 Å². The van der Waals surface area contributed by atoms with E-state index in [0.29, 0.717) is 24.6 Å². The first-order valence-corrected chi connectivity index (χ1v) is 7.39. The zero-order valence-corrected chi connectivity index (χ0v) is 12.5. The number of hydrogen-bond acceptors (Lipinski definition) is 4. The Morgan fingerprint density at radius 1 is 1.16 bits per heavy atom. The van der Waals surface area contributed by atoms with Crippen molar-refractivity contribution >= 4 is 10.0 Å². The van der Waals surface area contributed by atoms with Crippen LogP contribution in [0.5, 0.6) is 11.5 Å². The molecule has 0 aliphatic rings. The van der Waals surface area contributed by atoms with E-state index in [2.05, 4.69) is 4.72 Å². The Morgan fingerprint density at radius 3 is 2.32 bits per heavy atom. The van der Waals surface area contributed by atoms with Gasteiger partial charge in [0.15, 0.2) is 11.5 Å². The lowest BCUT2D eigenvalue weighted by molar-refractivity contribution is -0.856. The molecule has 0 fully saturated rings. The lowest BCUT2D eigenvalue weighted by Gasteiger charge is -2.11. The predicted molar refractivity (Wildman–Crippen MR) is 72.4 cm³/mol.